The lowest BCUT2D eigenvalue weighted by molar-refractivity contribution is -0.132. The Balaban J connectivity index is 1.64. The van der Waals surface area contributed by atoms with Gasteiger partial charge in [0.15, 0.2) is 5.13 Å². The summed E-state index contributed by atoms with van der Waals surface area (Å²) in [6.45, 7) is 2.61. The molecule has 3 aromatic carbocycles. The van der Waals surface area contributed by atoms with E-state index in [4.69, 9.17) is 27.9 Å². The van der Waals surface area contributed by atoms with Crippen molar-refractivity contribution in [2.24, 2.45) is 0 Å². The molecule has 1 atom stereocenters. The standard InChI is InChI=1S/C28H22Cl2N2O4S/c1-2-3-13-36-20-6-4-5-17(14-20)25(33)23-24(16-7-9-18(29)10-8-16)32(27(35)26(23)34)28-31-21-12-11-19(30)15-22(21)37-28/h4-12,14-15,24,33H,2-3,13H2,1H3. The second-order valence-corrected chi connectivity index (χ2v) is 10.4. The van der Waals surface area contributed by atoms with Crippen molar-refractivity contribution in [1.82, 2.24) is 4.98 Å². The van der Waals surface area contributed by atoms with Crippen LogP contribution in [-0.2, 0) is 9.59 Å². The number of aliphatic hydroxyl groups excluding tert-OH is 1. The van der Waals surface area contributed by atoms with Crippen molar-refractivity contribution in [2.75, 3.05) is 11.5 Å². The van der Waals surface area contributed by atoms with Crippen LogP contribution < -0.4 is 9.64 Å². The van der Waals surface area contributed by atoms with Crippen LogP contribution in [0.15, 0.2) is 72.3 Å². The van der Waals surface area contributed by atoms with Crippen molar-refractivity contribution in [3.8, 4) is 5.75 Å². The zero-order chi connectivity index (χ0) is 26.1. The van der Waals surface area contributed by atoms with Gasteiger partial charge in [0.2, 0.25) is 0 Å². The lowest BCUT2D eigenvalue weighted by Crippen LogP contribution is -2.29. The molecule has 1 fully saturated rings. The molecule has 1 N–H and O–H groups in total. The van der Waals surface area contributed by atoms with Crippen LogP contribution in [0.2, 0.25) is 10.0 Å². The average Bonchev–Trinajstić information content (AvgIpc) is 3.42. The smallest absolute Gasteiger partial charge is 0.301 e. The first-order chi connectivity index (χ1) is 17.9. The topological polar surface area (TPSA) is 79.7 Å². The van der Waals surface area contributed by atoms with Gasteiger partial charge >= 0.3 is 5.91 Å². The zero-order valence-electron chi connectivity index (χ0n) is 19.8. The molecule has 37 heavy (non-hydrogen) atoms. The van der Waals surface area contributed by atoms with Crippen LogP contribution in [0.3, 0.4) is 0 Å². The monoisotopic (exact) mass is 552 g/mol. The van der Waals surface area contributed by atoms with Crippen LogP contribution in [0.5, 0.6) is 5.75 Å². The maximum Gasteiger partial charge on any atom is 0.301 e. The van der Waals surface area contributed by atoms with Crippen molar-refractivity contribution < 1.29 is 19.4 Å². The van der Waals surface area contributed by atoms with Crippen molar-refractivity contribution in [2.45, 2.75) is 25.8 Å². The molecule has 0 spiro atoms. The zero-order valence-corrected chi connectivity index (χ0v) is 22.1. The van der Waals surface area contributed by atoms with Gasteiger partial charge in [0.05, 0.1) is 28.4 Å². The quantitative estimate of drug-likeness (QED) is 0.112. The van der Waals surface area contributed by atoms with Gasteiger partial charge in [-0.25, -0.2) is 4.98 Å². The molecule has 1 aliphatic heterocycles. The van der Waals surface area contributed by atoms with Gasteiger partial charge in [-0.1, -0.05) is 72.1 Å². The molecule has 1 saturated heterocycles. The fraction of sp³-hybridized carbons (Fsp3) is 0.179. The highest BCUT2D eigenvalue weighted by molar-refractivity contribution is 7.22. The number of Topliss-reactive ketones (excluding diaryl/α,β-unsaturated/α-hetero) is 1. The maximum absolute atomic E-state index is 13.4. The molecule has 0 saturated carbocycles. The average molecular weight is 553 g/mol. The number of rotatable bonds is 7. The Kier molecular flexibility index (Phi) is 7.20. The lowest BCUT2D eigenvalue weighted by atomic mass is 9.95. The number of anilines is 1. The molecule has 1 aromatic heterocycles. The molecule has 6 nitrogen and oxygen atoms in total. The molecule has 4 aromatic rings. The summed E-state index contributed by atoms with van der Waals surface area (Å²) < 4.78 is 6.55. The number of ketones is 1. The van der Waals surface area contributed by atoms with Crippen LogP contribution >= 0.6 is 34.5 Å². The minimum atomic E-state index is -0.905. The number of carbonyl (C=O) groups is 2. The molecule has 1 amide bonds. The summed E-state index contributed by atoms with van der Waals surface area (Å²) >= 11 is 13.5. The van der Waals surface area contributed by atoms with E-state index >= 15 is 0 Å². The Morgan fingerprint density at radius 3 is 2.57 bits per heavy atom. The molecule has 2 heterocycles. The number of amides is 1. The van der Waals surface area contributed by atoms with E-state index in [1.165, 1.54) is 16.2 Å². The Bertz CT molecular complexity index is 1530. The van der Waals surface area contributed by atoms with Gasteiger partial charge in [0.25, 0.3) is 5.78 Å². The highest BCUT2D eigenvalue weighted by atomic mass is 35.5. The van der Waals surface area contributed by atoms with Crippen molar-refractivity contribution in [3.63, 3.8) is 0 Å². The van der Waals surface area contributed by atoms with Gasteiger partial charge in [-0.05, 0) is 54.4 Å². The third kappa shape index (κ3) is 4.94. The normalized spacial score (nSPS) is 17.1. The number of hydrogen-bond donors (Lipinski definition) is 1. The Hall–Kier alpha value is -3.39. The molecular weight excluding hydrogens is 531 g/mol. The minimum Gasteiger partial charge on any atom is -0.507 e. The molecule has 9 heteroatoms. The summed E-state index contributed by atoms with van der Waals surface area (Å²) in [4.78, 5) is 32.7. The van der Waals surface area contributed by atoms with E-state index in [0.717, 1.165) is 17.5 Å². The van der Waals surface area contributed by atoms with Gasteiger partial charge in [-0.15, -0.1) is 0 Å². The fourth-order valence-electron chi connectivity index (χ4n) is 4.20. The van der Waals surface area contributed by atoms with Crippen LogP contribution in [-0.4, -0.2) is 28.4 Å². The number of halogens is 2. The molecular formula is C28H22Cl2N2O4S. The van der Waals surface area contributed by atoms with E-state index in [0.29, 0.717) is 44.2 Å². The molecule has 0 radical (unpaired) electrons. The van der Waals surface area contributed by atoms with Crippen LogP contribution in [0, 0.1) is 0 Å². The summed E-state index contributed by atoms with van der Waals surface area (Å²) in [5, 5.41) is 12.8. The number of ether oxygens (including phenoxy) is 1. The number of nitrogens with zero attached hydrogens (tertiary/aromatic N) is 2. The minimum absolute atomic E-state index is 0.0321. The third-order valence-corrected chi connectivity index (χ3v) is 7.55. The molecule has 0 aliphatic carbocycles. The Morgan fingerprint density at radius 1 is 1.05 bits per heavy atom. The summed E-state index contributed by atoms with van der Waals surface area (Å²) in [6.07, 6.45) is 1.88. The number of carbonyl (C=O) groups excluding carboxylic acids is 2. The van der Waals surface area contributed by atoms with Crippen molar-refractivity contribution in [1.29, 1.82) is 0 Å². The summed E-state index contributed by atoms with van der Waals surface area (Å²) in [5.74, 6) is -1.29. The number of hydrogen-bond acceptors (Lipinski definition) is 6. The van der Waals surface area contributed by atoms with E-state index in [9.17, 15) is 14.7 Å². The summed E-state index contributed by atoms with van der Waals surface area (Å²) in [5.41, 5.74) is 1.60. The van der Waals surface area contributed by atoms with Gasteiger partial charge in [0, 0.05) is 15.6 Å². The number of thiazole rings is 1. The van der Waals surface area contributed by atoms with Gasteiger partial charge in [-0.2, -0.15) is 0 Å². The highest BCUT2D eigenvalue weighted by Crippen LogP contribution is 2.44. The first kappa shape index (κ1) is 25.3. The van der Waals surface area contributed by atoms with E-state index in [2.05, 4.69) is 11.9 Å². The molecule has 0 bridgehead atoms. The van der Waals surface area contributed by atoms with E-state index in [-0.39, 0.29) is 11.3 Å². The van der Waals surface area contributed by atoms with E-state index in [1.807, 2.05) is 0 Å². The molecule has 188 valence electrons. The number of fused-ring (bicyclic) bond motifs is 1. The predicted octanol–water partition coefficient (Wildman–Crippen LogP) is 7.41. The predicted molar refractivity (Wildman–Crippen MR) is 148 cm³/mol. The summed E-state index contributed by atoms with van der Waals surface area (Å²) in [6, 6.07) is 18.0. The van der Waals surface area contributed by atoms with Gasteiger partial charge in [-0.3, -0.25) is 14.5 Å². The molecule has 5 rings (SSSR count). The molecule has 1 unspecified atom stereocenters. The third-order valence-electron chi connectivity index (χ3n) is 6.05. The van der Waals surface area contributed by atoms with Crippen LogP contribution in [0.25, 0.3) is 16.0 Å². The first-order valence-corrected chi connectivity index (χ1v) is 13.3. The van der Waals surface area contributed by atoms with E-state index in [1.54, 1.807) is 66.7 Å². The number of aromatic nitrogens is 1. The molecule has 1 aliphatic rings. The summed E-state index contributed by atoms with van der Waals surface area (Å²) in [7, 11) is 0. The van der Waals surface area contributed by atoms with Crippen LogP contribution in [0.4, 0.5) is 5.13 Å². The van der Waals surface area contributed by atoms with Gasteiger partial charge < -0.3 is 9.84 Å². The Morgan fingerprint density at radius 2 is 1.81 bits per heavy atom. The first-order valence-electron chi connectivity index (χ1n) is 11.7. The number of unbranched alkanes of at least 4 members (excludes halogenated alkanes) is 1. The van der Waals surface area contributed by atoms with Crippen molar-refractivity contribution >= 4 is 67.3 Å². The lowest BCUT2D eigenvalue weighted by Gasteiger charge is -2.23. The fourth-order valence-corrected chi connectivity index (χ4v) is 5.60. The van der Waals surface area contributed by atoms with E-state index < -0.39 is 17.7 Å². The largest absolute Gasteiger partial charge is 0.507 e. The number of benzene rings is 3. The van der Waals surface area contributed by atoms with Crippen LogP contribution in [0.1, 0.15) is 36.9 Å². The second-order valence-electron chi connectivity index (χ2n) is 8.56. The van der Waals surface area contributed by atoms with Gasteiger partial charge in [0.1, 0.15) is 11.5 Å². The van der Waals surface area contributed by atoms with Crippen molar-refractivity contribution in [3.05, 3.63) is 93.5 Å². The SMILES string of the molecule is CCCCOc1cccc(C(O)=C2C(=O)C(=O)N(c3nc4ccc(Cl)cc4s3)C2c2ccc(Cl)cc2)c1. The highest BCUT2D eigenvalue weighted by Gasteiger charge is 2.48. The number of aliphatic hydroxyl groups is 1. The second kappa shape index (κ2) is 10.5. The maximum atomic E-state index is 13.4. The Labute approximate surface area is 227 Å².